The highest BCUT2D eigenvalue weighted by Gasteiger charge is 2.27. The summed E-state index contributed by atoms with van der Waals surface area (Å²) in [5, 5.41) is 12.8. The molecule has 0 aliphatic carbocycles. The predicted octanol–water partition coefficient (Wildman–Crippen LogP) is 1.84. The number of nitrogens with one attached hydrogen (secondary N) is 1. The van der Waals surface area contributed by atoms with Gasteiger partial charge in [-0.3, -0.25) is 4.79 Å². The van der Waals surface area contributed by atoms with Crippen molar-refractivity contribution in [2.45, 2.75) is 13.0 Å². The molecule has 152 valence electrons. The fraction of sp³-hybridized carbons (Fsp3) is 0.250. The number of ether oxygens (including phenoxy) is 4. The minimum Gasteiger partial charge on any atom is -0.493 e. The van der Waals surface area contributed by atoms with Crippen molar-refractivity contribution in [1.82, 2.24) is 5.43 Å². The Morgan fingerprint density at radius 2 is 1.97 bits per heavy atom. The van der Waals surface area contributed by atoms with Gasteiger partial charge in [0.1, 0.15) is 6.61 Å². The summed E-state index contributed by atoms with van der Waals surface area (Å²) >= 11 is 0. The van der Waals surface area contributed by atoms with Crippen molar-refractivity contribution in [2.24, 2.45) is 5.10 Å². The van der Waals surface area contributed by atoms with Gasteiger partial charge in [-0.05, 0) is 37.3 Å². The summed E-state index contributed by atoms with van der Waals surface area (Å²) in [6.07, 6.45) is -0.817. The molecular formula is C20H20N2O7. The lowest BCUT2D eigenvalue weighted by Crippen LogP contribution is -2.42. The summed E-state index contributed by atoms with van der Waals surface area (Å²) in [7, 11) is 1.44. The van der Waals surface area contributed by atoms with E-state index < -0.39 is 24.6 Å². The minimum atomic E-state index is -1.09. The highest BCUT2D eigenvalue weighted by molar-refractivity contribution is 6.00. The van der Waals surface area contributed by atoms with E-state index in [1.807, 2.05) is 6.07 Å². The van der Waals surface area contributed by atoms with Gasteiger partial charge >= 0.3 is 5.97 Å². The Labute approximate surface area is 166 Å². The number of fused-ring (bicyclic) bond motifs is 1. The first-order chi connectivity index (χ1) is 14.0. The second-order valence-corrected chi connectivity index (χ2v) is 6.09. The van der Waals surface area contributed by atoms with E-state index in [1.165, 1.54) is 7.11 Å². The molecule has 1 aliphatic rings. The van der Waals surface area contributed by atoms with Gasteiger partial charge in [0.25, 0.3) is 5.91 Å². The Hall–Kier alpha value is -3.75. The van der Waals surface area contributed by atoms with Crippen LogP contribution in [0.25, 0.3) is 0 Å². The van der Waals surface area contributed by atoms with Crippen LogP contribution in [0.3, 0.4) is 0 Å². The average Bonchev–Trinajstić information content (AvgIpc) is 2.75. The Bertz CT molecular complexity index is 942. The number of aliphatic carboxylic acids is 1. The molecule has 0 saturated carbocycles. The molecular weight excluding hydrogens is 380 g/mol. The van der Waals surface area contributed by atoms with Gasteiger partial charge in [-0.2, -0.15) is 5.10 Å². The van der Waals surface area contributed by atoms with Gasteiger partial charge in [0.2, 0.25) is 6.10 Å². The van der Waals surface area contributed by atoms with Crippen molar-refractivity contribution >= 4 is 17.6 Å². The third-order valence-corrected chi connectivity index (χ3v) is 4.07. The molecule has 1 amide bonds. The molecule has 2 aromatic carbocycles. The zero-order valence-electron chi connectivity index (χ0n) is 15.9. The van der Waals surface area contributed by atoms with Crippen molar-refractivity contribution in [1.29, 1.82) is 0 Å². The molecule has 0 bridgehead atoms. The van der Waals surface area contributed by atoms with Crippen LogP contribution in [-0.4, -0.2) is 49.1 Å². The van der Waals surface area contributed by atoms with Gasteiger partial charge < -0.3 is 24.1 Å². The molecule has 2 N–H and O–H groups in total. The highest BCUT2D eigenvalue weighted by Crippen LogP contribution is 2.31. The zero-order valence-corrected chi connectivity index (χ0v) is 15.9. The molecule has 0 unspecified atom stereocenters. The van der Waals surface area contributed by atoms with Crippen LogP contribution in [-0.2, 0) is 9.59 Å². The summed E-state index contributed by atoms with van der Waals surface area (Å²) in [5.41, 5.74) is 3.64. The number of nitrogens with zero attached hydrogens (tertiary/aromatic N) is 1. The number of hydrogen-bond acceptors (Lipinski definition) is 7. The van der Waals surface area contributed by atoms with Gasteiger partial charge in [0.05, 0.1) is 12.8 Å². The van der Waals surface area contributed by atoms with E-state index in [0.29, 0.717) is 34.3 Å². The van der Waals surface area contributed by atoms with Crippen LogP contribution in [0.4, 0.5) is 0 Å². The first-order valence-electron chi connectivity index (χ1n) is 8.73. The van der Waals surface area contributed by atoms with Crippen LogP contribution in [0.2, 0.25) is 0 Å². The molecule has 0 spiro atoms. The number of benzene rings is 2. The molecule has 2 aromatic rings. The number of carboxylic acid groups (broad SMARTS) is 1. The maximum Gasteiger partial charge on any atom is 0.341 e. The van der Waals surface area contributed by atoms with Crippen molar-refractivity contribution in [3.05, 3.63) is 48.0 Å². The minimum absolute atomic E-state index is 0.0842. The fourth-order valence-electron chi connectivity index (χ4n) is 2.58. The molecule has 0 saturated heterocycles. The van der Waals surface area contributed by atoms with Crippen molar-refractivity contribution in [3.8, 4) is 23.0 Å². The number of para-hydroxylation sites is 2. The van der Waals surface area contributed by atoms with Gasteiger partial charge in [-0.25, -0.2) is 10.2 Å². The third kappa shape index (κ3) is 4.95. The van der Waals surface area contributed by atoms with E-state index >= 15 is 0 Å². The summed E-state index contributed by atoms with van der Waals surface area (Å²) < 4.78 is 21.6. The number of carbonyl (C=O) groups excluding carboxylic acids is 1. The molecule has 29 heavy (non-hydrogen) atoms. The normalized spacial score (nSPS) is 15.4. The topological polar surface area (TPSA) is 116 Å². The molecule has 1 atom stereocenters. The van der Waals surface area contributed by atoms with E-state index in [0.717, 1.165) is 0 Å². The zero-order chi connectivity index (χ0) is 20.8. The molecule has 9 nitrogen and oxygen atoms in total. The SMILES string of the molecule is COc1cc(/C(C)=N\NC(=O)[C@H]2COc3ccccc3O2)ccc1OCC(=O)O. The molecule has 0 fully saturated rings. The number of carbonyl (C=O) groups is 2. The van der Waals surface area contributed by atoms with E-state index in [4.69, 9.17) is 24.1 Å². The second kappa shape index (κ2) is 8.96. The van der Waals surface area contributed by atoms with Crippen LogP contribution in [0.1, 0.15) is 12.5 Å². The van der Waals surface area contributed by atoms with E-state index in [-0.39, 0.29) is 6.61 Å². The number of hydrogen-bond donors (Lipinski definition) is 2. The maximum absolute atomic E-state index is 12.3. The van der Waals surface area contributed by atoms with Gasteiger partial charge in [0, 0.05) is 5.56 Å². The molecule has 0 aromatic heterocycles. The summed E-state index contributed by atoms with van der Waals surface area (Å²) in [5.74, 6) is 0.210. The summed E-state index contributed by atoms with van der Waals surface area (Å²) in [6.45, 7) is 1.31. The van der Waals surface area contributed by atoms with Crippen molar-refractivity contribution in [2.75, 3.05) is 20.3 Å². The fourth-order valence-corrected chi connectivity index (χ4v) is 2.58. The largest absolute Gasteiger partial charge is 0.493 e. The average molecular weight is 400 g/mol. The molecule has 1 heterocycles. The number of rotatable bonds is 7. The van der Waals surface area contributed by atoms with Crippen molar-refractivity contribution in [3.63, 3.8) is 0 Å². The Balaban J connectivity index is 1.65. The van der Waals surface area contributed by atoms with E-state index in [1.54, 1.807) is 43.3 Å². The van der Waals surface area contributed by atoms with Crippen LogP contribution in [0.5, 0.6) is 23.0 Å². The van der Waals surface area contributed by atoms with Gasteiger partial charge in [-0.15, -0.1) is 0 Å². The smallest absolute Gasteiger partial charge is 0.341 e. The standard InChI is InChI=1S/C20H20N2O7/c1-12(13-7-8-15(17(9-13)26-2)28-11-19(23)24)21-22-20(25)18-10-27-14-5-3-4-6-16(14)29-18/h3-9,18H,10-11H2,1-2H3,(H,22,25)(H,23,24)/b21-12-/t18-/m1/s1. The molecule has 1 aliphatic heterocycles. The lowest BCUT2D eigenvalue weighted by Gasteiger charge is -2.24. The Morgan fingerprint density at radius 1 is 1.21 bits per heavy atom. The highest BCUT2D eigenvalue weighted by atomic mass is 16.6. The number of methoxy groups -OCH3 is 1. The number of amides is 1. The molecule has 0 radical (unpaired) electrons. The quantitative estimate of drug-likeness (QED) is 0.538. The predicted molar refractivity (Wildman–Crippen MR) is 103 cm³/mol. The van der Waals surface area contributed by atoms with Crippen LogP contribution in [0, 0.1) is 0 Å². The number of carboxylic acids is 1. The van der Waals surface area contributed by atoms with E-state index in [9.17, 15) is 9.59 Å². The maximum atomic E-state index is 12.3. The summed E-state index contributed by atoms with van der Waals surface area (Å²) in [6, 6.07) is 12.0. The van der Waals surface area contributed by atoms with Crippen LogP contribution in [0.15, 0.2) is 47.6 Å². The van der Waals surface area contributed by atoms with E-state index in [2.05, 4.69) is 10.5 Å². The molecule has 9 heteroatoms. The third-order valence-electron chi connectivity index (χ3n) is 4.07. The Morgan fingerprint density at radius 3 is 2.69 bits per heavy atom. The number of hydrazone groups is 1. The van der Waals surface area contributed by atoms with Gasteiger partial charge in [0.15, 0.2) is 29.6 Å². The Kier molecular flexibility index (Phi) is 6.18. The van der Waals surface area contributed by atoms with Crippen molar-refractivity contribution < 1.29 is 33.6 Å². The van der Waals surface area contributed by atoms with Crippen LogP contribution >= 0.6 is 0 Å². The summed E-state index contributed by atoms with van der Waals surface area (Å²) in [4.78, 5) is 23.0. The second-order valence-electron chi connectivity index (χ2n) is 6.09. The van der Waals surface area contributed by atoms with Crippen LogP contribution < -0.4 is 24.4 Å². The molecule has 3 rings (SSSR count). The van der Waals surface area contributed by atoms with Gasteiger partial charge in [-0.1, -0.05) is 12.1 Å². The monoisotopic (exact) mass is 400 g/mol. The first-order valence-corrected chi connectivity index (χ1v) is 8.73. The lowest BCUT2D eigenvalue weighted by atomic mass is 10.1. The lowest BCUT2D eigenvalue weighted by molar-refractivity contribution is -0.139. The first kappa shape index (κ1) is 20.0.